The van der Waals surface area contributed by atoms with Crippen molar-refractivity contribution in [1.29, 1.82) is 0 Å². The average Bonchev–Trinajstić information content (AvgIpc) is 2.82. The summed E-state index contributed by atoms with van der Waals surface area (Å²) in [6.45, 7) is 0.737. The maximum Gasteiger partial charge on any atom is 0.417 e. The van der Waals surface area contributed by atoms with E-state index in [2.05, 4.69) is 9.97 Å². The van der Waals surface area contributed by atoms with Gasteiger partial charge in [0.05, 0.1) is 13.2 Å². The van der Waals surface area contributed by atoms with Crippen molar-refractivity contribution in [2.75, 3.05) is 18.1 Å². The predicted octanol–water partition coefficient (Wildman–Crippen LogP) is 2.60. The van der Waals surface area contributed by atoms with Crippen molar-refractivity contribution >= 4 is 23.5 Å². The van der Waals surface area contributed by atoms with E-state index in [1.807, 2.05) is 30.3 Å². The van der Waals surface area contributed by atoms with Gasteiger partial charge < -0.3 is 9.47 Å². The Morgan fingerprint density at radius 2 is 2.00 bits per heavy atom. The molecule has 0 radical (unpaired) electrons. The molecule has 1 aromatic heterocycles. The number of carbonyl (C=O) groups excluding carboxylic acids is 1. The molecule has 0 unspecified atom stereocenters. The molecule has 7 heteroatoms. The van der Waals surface area contributed by atoms with E-state index in [-0.39, 0.29) is 11.3 Å². The van der Waals surface area contributed by atoms with Crippen LogP contribution in [0.15, 0.2) is 42.6 Å². The molecule has 2 aromatic rings. The van der Waals surface area contributed by atoms with Gasteiger partial charge in [0.25, 0.3) is 0 Å². The second kappa shape index (κ2) is 4.93. The molecule has 1 amide bonds. The zero-order chi connectivity index (χ0) is 15.2. The Morgan fingerprint density at radius 1 is 1.23 bits per heavy atom. The van der Waals surface area contributed by atoms with Gasteiger partial charge in [-0.25, -0.2) is 19.7 Å². The van der Waals surface area contributed by atoms with Gasteiger partial charge in [-0.3, -0.25) is 0 Å². The standard InChI is InChI=1S/C15H12ClN3O3/c16-13-17-7-6-11(18-13)19-12(10-4-2-1-3-5-10)15(8-21-9-15)22-14(19)20/h1-7,12H,8-9H2/t12-/m0/s1. The SMILES string of the molecule is O=C1OC2(COC2)[C@H](c2ccccc2)N1c1ccnc(Cl)n1. The lowest BCUT2D eigenvalue weighted by atomic mass is 9.86. The number of carbonyl (C=O) groups is 1. The first-order valence-corrected chi connectivity index (χ1v) is 7.21. The summed E-state index contributed by atoms with van der Waals surface area (Å²) in [6.07, 6.45) is 1.06. The minimum absolute atomic E-state index is 0.0860. The molecule has 2 saturated heterocycles. The van der Waals surface area contributed by atoms with Crippen molar-refractivity contribution in [2.45, 2.75) is 11.6 Å². The molecule has 1 aromatic carbocycles. The van der Waals surface area contributed by atoms with Crippen LogP contribution in [0.3, 0.4) is 0 Å². The minimum Gasteiger partial charge on any atom is -0.435 e. The van der Waals surface area contributed by atoms with E-state index in [1.54, 1.807) is 6.07 Å². The first-order chi connectivity index (χ1) is 10.7. The summed E-state index contributed by atoms with van der Waals surface area (Å²) in [7, 11) is 0. The van der Waals surface area contributed by atoms with E-state index in [0.29, 0.717) is 19.0 Å². The van der Waals surface area contributed by atoms with E-state index in [9.17, 15) is 4.79 Å². The van der Waals surface area contributed by atoms with Gasteiger partial charge in [0.2, 0.25) is 5.28 Å². The molecule has 0 saturated carbocycles. The Morgan fingerprint density at radius 3 is 2.64 bits per heavy atom. The lowest BCUT2D eigenvalue weighted by Crippen LogP contribution is -2.54. The van der Waals surface area contributed by atoms with Gasteiger partial charge in [-0.1, -0.05) is 30.3 Å². The Hall–Kier alpha value is -2.18. The van der Waals surface area contributed by atoms with Gasteiger partial charge in [0.15, 0.2) is 5.60 Å². The average molecular weight is 318 g/mol. The number of benzene rings is 1. The summed E-state index contributed by atoms with van der Waals surface area (Å²) in [6, 6.07) is 11.0. The Bertz CT molecular complexity index is 721. The maximum absolute atomic E-state index is 12.4. The molecule has 22 heavy (non-hydrogen) atoms. The zero-order valence-electron chi connectivity index (χ0n) is 11.5. The maximum atomic E-state index is 12.4. The fraction of sp³-hybridized carbons (Fsp3) is 0.267. The normalized spacial score (nSPS) is 22.5. The molecule has 2 fully saturated rings. The number of hydrogen-bond donors (Lipinski definition) is 0. The lowest BCUT2D eigenvalue weighted by molar-refractivity contribution is -0.170. The van der Waals surface area contributed by atoms with Crippen LogP contribution in [0.4, 0.5) is 10.6 Å². The van der Waals surface area contributed by atoms with E-state index in [0.717, 1.165) is 5.56 Å². The Balaban J connectivity index is 1.83. The highest BCUT2D eigenvalue weighted by Crippen LogP contribution is 2.47. The third-order valence-corrected chi connectivity index (χ3v) is 4.09. The van der Waals surface area contributed by atoms with E-state index in [4.69, 9.17) is 21.1 Å². The molecule has 6 nitrogen and oxygen atoms in total. The van der Waals surface area contributed by atoms with Gasteiger partial charge in [-0.2, -0.15) is 0 Å². The summed E-state index contributed by atoms with van der Waals surface area (Å²) in [4.78, 5) is 21.9. The molecule has 0 aliphatic carbocycles. The summed E-state index contributed by atoms with van der Waals surface area (Å²) < 4.78 is 10.9. The lowest BCUT2D eigenvalue weighted by Gasteiger charge is -2.40. The molecular formula is C15H12ClN3O3. The van der Waals surface area contributed by atoms with Crippen LogP contribution < -0.4 is 4.90 Å². The number of amides is 1. The van der Waals surface area contributed by atoms with Gasteiger partial charge in [-0.05, 0) is 23.2 Å². The van der Waals surface area contributed by atoms with Crippen LogP contribution in [0.1, 0.15) is 11.6 Å². The Labute approximate surface area is 131 Å². The predicted molar refractivity (Wildman–Crippen MR) is 78.7 cm³/mol. The van der Waals surface area contributed by atoms with Crippen LogP contribution >= 0.6 is 11.6 Å². The Kier molecular flexibility index (Phi) is 3.02. The second-order valence-electron chi connectivity index (χ2n) is 5.29. The van der Waals surface area contributed by atoms with Crippen molar-refractivity contribution in [3.63, 3.8) is 0 Å². The fourth-order valence-electron chi connectivity index (χ4n) is 2.91. The number of ether oxygens (including phenoxy) is 2. The van der Waals surface area contributed by atoms with E-state index < -0.39 is 11.7 Å². The number of halogens is 1. The fourth-order valence-corrected chi connectivity index (χ4v) is 3.06. The van der Waals surface area contributed by atoms with Crippen LogP contribution in [0, 0.1) is 0 Å². The molecule has 4 rings (SSSR count). The topological polar surface area (TPSA) is 64.6 Å². The quantitative estimate of drug-likeness (QED) is 0.797. The zero-order valence-corrected chi connectivity index (χ0v) is 12.2. The van der Waals surface area contributed by atoms with Crippen LogP contribution in [-0.2, 0) is 9.47 Å². The largest absolute Gasteiger partial charge is 0.435 e. The highest BCUT2D eigenvalue weighted by molar-refractivity contribution is 6.28. The molecule has 2 aliphatic heterocycles. The van der Waals surface area contributed by atoms with Gasteiger partial charge >= 0.3 is 6.09 Å². The molecule has 2 aliphatic rings. The molecule has 0 bridgehead atoms. The third-order valence-electron chi connectivity index (χ3n) is 3.91. The summed E-state index contributed by atoms with van der Waals surface area (Å²) >= 11 is 5.86. The molecule has 1 atom stereocenters. The van der Waals surface area contributed by atoms with Crippen molar-refractivity contribution < 1.29 is 14.3 Å². The first kappa shape index (κ1) is 13.5. The monoisotopic (exact) mass is 317 g/mol. The van der Waals surface area contributed by atoms with Crippen LogP contribution in [0.25, 0.3) is 0 Å². The van der Waals surface area contributed by atoms with E-state index in [1.165, 1.54) is 11.1 Å². The minimum atomic E-state index is -0.671. The van der Waals surface area contributed by atoms with E-state index >= 15 is 0 Å². The first-order valence-electron chi connectivity index (χ1n) is 6.83. The number of aromatic nitrogens is 2. The summed E-state index contributed by atoms with van der Waals surface area (Å²) in [5.41, 5.74) is 0.293. The second-order valence-corrected chi connectivity index (χ2v) is 5.63. The summed E-state index contributed by atoms with van der Waals surface area (Å²) in [5.74, 6) is 0.419. The number of rotatable bonds is 2. The summed E-state index contributed by atoms with van der Waals surface area (Å²) in [5, 5.41) is 0.0860. The molecule has 1 spiro atoms. The highest BCUT2D eigenvalue weighted by atomic mass is 35.5. The smallest absolute Gasteiger partial charge is 0.417 e. The van der Waals surface area contributed by atoms with Crippen molar-refractivity contribution in [1.82, 2.24) is 9.97 Å². The molecular weight excluding hydrogens is 306 g/mol. The van der Waals surface area contributed by atoms with Crippen molar-refractivity contribution in [2.24, 2.45) is 0 Å². The van der Waals surface area contributed by atoms with Gasteiger partial charge in [0, 0.05) is 6.20 Å². The van der Waals surface area contributed by atoms with Crippen LogP contribution in [0.2, 0.25) is 5.28 Å². The van der Waals surface area contributed by atoms with Crippen LogP contribution in [-0.4, -0.2) is 34.9 Å². The third kappa shape index (κ3) is 1.95. The van der Waals surface area contributed by atoms with Gasteiger partial charge in [0.1, 0.15) is 11.9 Å². The molecule has 0 N–H and O–H groups in total. The van der Waals surface area contributed by atoms with Crippen molar-refractivity contribution in [3.05, 3.63) is 53.4 Å². The molecule has 3 heterocycles. The number of nitrogens with zero attached hydrogens (tertiary/aromatic N) is 3. The number of hydrogen-bond acceptors (Lipinski definition) is 5. The van der Waals surface area contributed by atoms with Crippen LogP contribution in [0.5, 0.6) is 0 Å². The van der Waals surface area contributed by atoms with Crippen molar-refractivity contribution in [3.8, 4) is 0 Å². The highest BCUT2D eigenvalue weighted by Gasteiger charge is 2.60. The molecule has 112 valence electrons. The van der Waals surface area contributed by atoms with Gasteiger partial charge in [-0.15, -0.1) is 0 Å². The number of anilines is 1.